The van der Waals surface area contributed by atoms with Crippen LogP contribution in [0.1, 0.15) is 75.8 Å². The molecule has 1 aliphatic carbocycles. The maximum absolute atomic E-state index is 13.7. The number of carbonyl (C=O) groups excluding carboxylic acids is 2. The number of carbonyl (C=O) groups is 2. The van der Waals surface area contributed by atoms with Gasteiger partial charge in [0.1, 0.15) is 0 Å². The lowest BCUT2D eigenvalue weighted by Crippen LogP contribution is -2.50. The molecule has 230 valence electrons. The average molecular weight is 616 g/mol. The fourth-order valence-corrected chi connectivity index (χ4v) is 7.57. The number of hydrogen-bond acceptors (Lipinski definition) is 5. The number of nitrogens with one attached hydrogen (secondary N) is 1. The van der Waals surface area contributed by atoms with Gasteiger partial charge in [-0.05, 0) is 88.3 Å². The minimum Gasteiger partial charge on any atom is -0.353 e. The molecule has 2 heterocycles. The lowest BCUT2D eigenvalue weighted by molar-refractivity contribution is -0.138. The van der Waals surface area contributed by atoms with Crippen LogP contribution in [0.5, 0.6) is 0 Å². The summed E-state index contributed by atoms with van der Waals surface area (Å²) in [6, 6.07) is 17.3. The molecule has 2 aliphatic heterocycles. The van der Waals surface area contributed by atoms with Gasteiger partial charge in [-0.3, -0.25) is 9.59 Å². The Morgan fingerprint density at radius 3 is 2.19 bits per heavy atom. The first-order chi connectivity index (χ1) is 19.6. The second kappa shape index (κ2) is 13.5. The van der Waals surface area contributed by atoms with Crippen molar-refractivity contribution in [2.75, 3.05) is 32.4 Å². The van der Waals surface area contributed by atoms with Crippen LogP contribution in [-0.2, 0) is 31.4 Å². The molecule has 9 heteroatoms. The van der Waals surface area contributed by atoms with E-state index in [0.29, 0.717) is 11.4 Å². The molecule has 1 atom stereocenters. The van der Waals surface area contributed by atoms with Gasteiger partial charge in [0.05, 0.1) is 15.7 Å². The van der Waals surface area contributed by atoms with Gasteiger partial charge in [0.15, 0.2) is 9.84 Å². The summed E-state index contributed by atoms with van der Waals surface area (Å²) in [4.78, 5) is 31.9. The fourth-order valence-electron chi connectivity index (χ4n) is 6.94. The van der Waals surface area contributed by atoms with Gasteiger partial charge in [0.25, 0.3) is 0 Å². The predicted octanol–water partition coefficient (Wildman–Crippen LogP) is 5.12. The zero-order chi connectivity index (χ0) is 29.1. The molecule has 1 spiro atoms. The van der Waals surface area contributed by atoms with E-state index in [9.17, 15) is 18.0 Å². The van der Waals surface area contributed by atoms with Crippen molar-refractivity contribution in [3.8, 4) is 0 Å². The smallest absolute Gasteiger partial charge is 0.230 e. The van der Waals surface area contributed by atoms with Crippen LogP contribution < -0.4 is 5.32 Å². The van der Waals surface area contributed by atoms with Crippen molar-refractivity contribution in [3.05, 3.63) is 65.7 Å². The number of halogens is 1. The highest BCUT2D eigenvalue weighted by Gasteiger charge is 2.48. The predicted molar refractivity (Wildman–Crippen MR) is 168 cm³/mol. The van der Waals surface area contributed by atoms with E-state index in [2.05, 4.69) is 29.3 Å². The highest BCUT2D eigenvalue weighted by molar-refractivity contribution is 7.90. The summed E-state index contributed by atoms with van der Waals surface area (Å²) in [6.07, 6.45) is 10.3. The van der Waals surface area contributed by atoms with E-state index in [0.717, 1.165) is 75.8 Å². The zero-order valence-corrected chi connectivity index (χ0v) is 26.6. The minimum absolute atomic E-state index is 0. The minimum atomic E-state index is -3.23. The van der Waals surface area contributed by atoms with Gasteiger partial charge in [-0.25, -0.2) is 8.42 Å². The van der Waals surface area contributed by atoms with Crippen molar-refractivity contribution in [3.63, 3.8) is 0 Å². The molecule has 5 rings (SSSR count). The SMILES string of the molecule is CC(CCN1CCC2(CC1)CCN(Cc1ccc(S(C)(=O)=O)cc1)C2=O)(C(=O)NC1CCCCC1)c1ccccc1.Cl. The molecule has 2 aromatic rings. The third-order valence-electron chi connectivity index (χ3n) is 9.92. The zero-order valence-electron chi connectivity index (χ0n) is 25.0. The van der Waals surface area contributed by atoms with Crippen molar-refractivity contribution in [1.82, 2.24) is 15.1 Å². The quantitative estimate of drug-likeness (QED) is 0.423. The summed E-state index contributed by atoms with van der Waals surface area (Å²) >= 11 is 0. The second-order valence-corrected chi connectivity index (χ2v) is 14.8. The Hall–Kier alpha value is -2.42. The van der Waals surface area contributed by atoms with Crippen LogP contribution >= 0.6 is 12.4 Å². The number of benzene rings is 2. The van der Waals surface area contributed by atoms with Gasteiger partial charge in [-0.15, -0.1) is 12.4 Å². The van der Waals surface area contributed by atoms with Crippen LogP contribution in [0.4, 0.5) is 0 Å². The molecule has 1 N–H and O–H groups in total. The molecule has 0 aromatic heterocycles. The van der Waals surface area contributed by atoms with Gasteiger partial charge in [-0.1, -0.05) is 61.7 Å². The molecule has 2 aromatic carbocycles. The molecular weight excluding hydrogens is 570 g/mol. The van der Waals surface area contributed by atoms with Crippen molar-refractivity contribution in [2.24, 2.45) is 5.41 Å². The van der Waals surface area contributed by atoms with Crippen molar-refractivity contribution >= 4 is 34.1 Å². The van der Waals surface area contributed by atoms with E-state index < -0.39 is 15.3 Å². The topological polar surface area (TPSA) is 86.8 Å². The van der Waals surface area contributed by atoms with Gasteiger partial charge in [0.2, 0.25) is 11.8 Å². The van der Waals surface area contributed by atoms with E-state index in [1.54, 1.807) is 12.1 Å². The van der Waals surface area contributed by atoms with E-state index in [4.69, 9.17) is 0 Å². The third-order valence-corrected chi connectivity index (χ3v) is 11.0. The lowest BCUT2D eigenvalue weighted by atomic mass is 9.75. The molecule has 0 radical (unpaired) electrons. The van der Waals surface area contributed by atoms with E-state index >= 15 is 0 Å². The largest absolute Gasteiger partial charge is 0.353 e. The molecule has 0 bridgehead atoms. The molecule has 1 saturated carbocycles. The molecular formula is C33H46ClN3O4S. The van der Waals surface area contributed by atoms with E-state index in [-0.39, 0.29) is 35.7 Å². The normalized spacial score (nSPS) is 21.1. The molecule has 7 nitrogen and oxygen atoms in total. The summed E-state index contributed by atoms with van der Waals surface area (Å²) in [7, 11) is -3.23. The second-order valence-electron chi connectivity index (χ2n) is 12.8. The number of hydrogen-bond donors (Lipinski definition) is 1. The van der Waals surface area contributed by atoms with Gasteiger partial charge in [0, 0.05) is 25.4 Å². The lowest BCUT2D eigenvalue weighted by Gasteiger charge is -2.40. The maximum Gasteiger partial charge on any atom is 0.230 e. The number of sulfone groups is 1. The van der Waals surface area contributed by atoms with Crippen LogP contribution in [0.3, 0.4) is 0 Å². The van der Waals surface area contributed by atoms with Crippen LogP contribution in [-0.4, -0.2) is 68.5 Å². The van der Waals surface area contributed by atoms with Crippen LogP contribution in [0.25, 0.3) is 0 Å². The van der Waals surface area contributed by atoms with Crippen LogP contribution in [0.2, 0.25) is 0 Å². The molecule has 1 unspecified atom stereocenters. The highest BCUT2D eigenvalue weighted by Crippen LogP contribution is 2.42. The highest BCUT2D eigenvalue weighted by atomic mass is 35.5. The third kappa shape index (κ3) is 7.20. The maximum atomic E-state index is 13.7. The van der Waals surface area contributed by atoms with E-state index in [1.165, 1.54) is 25.5 Å². The van der Waals surface area contributed by atoms with Crippen LogP contribution in [0.15, 0.2) is 59.5 Å². The summed E-state index contributed by atoms with van der Waals surface area (Å²) < 4.78 is 23.5. The molecule has 2 amide bonds. The van der Waals surface area contributed by atoms with Gasteiger partial charge >= 0.3 is 0 Å². The van der Waals surface area contributed by atoms with Crippen molar-refractivity contribution in [2.45, 2.75) is 87.6 Å². The monoisotopic (exact) mass is 615 g/mol. The number of rotatable bonds is 9. The molecule has 42 heavy (non-hydrogen) atoms. The number of likely N-dealkylation sites (tertiary alicyclic amines) is 2. The van der Waals surface area contributed by atoms with Gasteiger partial charge in [-0.2, -0.15) is 0 Å². The number of amides is 2. The Bertz CT molecular complexity index is 1320. The first kappa shape index (κ1) is 32.5. The first-order valence-corrected chi connectivity index (χ1v) is 17.2. The average Bonchev–Trinajstić information content (AvgIpc) is 3.27. The summed E-state index contributed by atoms with van der Waals surface area (Å²) in [6.45, 7) is 5.88. The Morgan fingerprint density at radius 2 is 1.57 bits per heavy atom. The summed E-state index contributed by atoms with van der Waals surface area (Å²) in [5, 5.41) is 3.39. The van der Waals surface area contributed by atoms with Crippen LogP contribution in [0, 0.1) is 5.41 Å². The Balaban J connectivity index is 0.00000405. The van der Waals surface area contributed by atoms with Gasteiger partial charge < -0.3 is 15.1 Å². The first-order valence-electron chi connectivity index (χ1n) is 15.3. The fraction of sp³-hybridized carbons (Fsp3) is 0.576. The Kier molecular flexibility index (Phi) is 10.4. The van der Waals surface area contributed by atoms with Crippen molar-refractivity contribution in [1.29, 1.82) is 0 Å². The molecule has 3 fully saturated rings. The Morgan fingerprint density at radius 1 is 0.952 bits per heavy atom. The molecule has 2 saturated heterocycles. The summed E-state index contributed by atoms with van der Waals surface area (Å²) in [5.74, 6) is 0.362. The van der Waals surface area contributed by atoms with Crippen molar-refractivity contribution < 1.29 is 18.0 Å². The standard InChI is InChI=1S/C33H45N3O4S.ClH/c1-32(27-9-5-3-6-10-27,30(37)34-28-11-7-4-8-12-28)17-21-35-22-18-33(19-23-35)20-24-36(31(33)38)25-26-13-15-29(16-14-26)41(2,39)40;/h3,5-6,9-10,13-16,28H,4,7-8,11-12,17-25H2,1-2H3,(H,34,37);1H. The van der Waals surface area contributed by atoms with E-state index in [1.807, 2.05) is 35.2 Å². The Labute approximate surface area is 257 Å². The summed E-state index contributed by atoms with van der Waals surface area (Å²) in [5.41, 5.74) is 1.12. The number of piperidine rings is 1. The number of nitrogens with zero attached hydrogens (tertiary/aromatic N) is 2. The molecule has 3 aliphatic rings.